The molecule has 4 nitrogen and oxygen atoms in total. The smallest absolute Gasteiger partial charge is 0.130 e. The van der Waals surface area contributed by atoms with Gasteiger partial charge in [0, 0.05) is 23.4 Å². The Hall–Kier alpha value is -3.01. The van der Waals surface area contributed by atoms with Gasteiger partial charge in [0.15, 0.2) is 0 Å². The largest absolute Gasteiger partial charge is 0.491 e. The van der Waals surface area contributed by atoms with Crippen LogP contribution in [-0.4, -0.2) is 17.2 Å². The lowest BCUT2D eigenvalue weighted by Crippen LogP contribution is -2.12. The number of hydrogen-bond donors (Lipinski definition) is 0. The van der Waals surface area contributed by atoms with Gasteiger partial charge in [0.25, 0.3) is 0 Å². The summed E-state index contributed by atoms with van der Waals surface area (Å²) in [6.07, 6.45) is 2.08. The van der Waals surface area contributed by atoms with E-state index < -0.39 is 0 Å². The zero-order valence-corrected chi connectivity index (χ0v) is 22.0. The molecule has 1 aromatic heterocycles. The fraction of sp³-hybridized carbons (Fsp3) is 0.433. The zero-order valence-electron chi connectivity index (χ0n) is 22.0. The van der Waals surface area contributed by atoms with E-state index in [1.54, 1.807) is 0 Å². The van der Waals surface area contributed by atoms with Crippen LogP contribution in [0.1, 0.15) is 69.5 Å². The Morgan fingerprint density at radius 1 is 0.794 bits per heavy atom. The summed E-state index contributed by atoms with van der Waals surface area (Å²) in [5.74, 6) is 2.45. The predicted octanol–water partition coefficient (Wildman–Crippen LogP) is 7.64. The molecule has 0 amide bonds. The lowest BCUT2D eigenvalue weighted by molar-refractivity contribution is 0.227. The molecule has 0 radical (unpaired) electrons. The standard InChI is InChI=1S/C30H39NO3/c1-9-23-12-11-13-24(10-2)30(23)27-17-29(34-20(5)6)26(22(8)31-27)18-32-28-16-25(33-19(3)4)15-14-21(28)7/h11-17,19-20H,9-10,18H2,1-8H3. The molecule has 0 N–H and O–H groups in total. The molecule has 0 aliphatic rings. The van der Waals surface area contributed by atoms with E-state index in [2.05, 4.69) is 52.0 Å². The zero-order chi connectivity index (χ0) is 24.8. The Balaban J connectivity index is 2.00. The van der Waals surface area contributed by atoms with E-state index in [0.717, 1.165) is 52.6 Å². The molecular weight excluding hydrogens is 422 g/mol. The Bertz CT molecular complexity index is 1100. The number of rotatable bonds is 10. The first kappa shape index (κ1) is 25.6. The van der Waals surface area contributed by atoms with Gasteiger partial charge >= 0.3 is 0 Å². The van der Waals surface area contributed by atoms with Crippen LogP contribution in [-0.2, 0) is 19.4 Å². The molecule has 3 aromatic rings. The molecule has 0 fully saturated rings. The predicted molar refractivity (Wildman–Crippen MR) is 140 cm³/mol. The van der Waals surface area contributed by atoms with E-state index >= 15 is 0 Å². The van der Waals surface area contributed by atoms with Crippen molar-refractivity contribution >= 4 is 0 Å². The Morgan fingerprint density at radius 2 is 1.44 bits per heavy atom. The van der Waals surface area contributed by atoms with Crippen LogP contribution in [0.4, 0.5) is 0 Å². The van der Waals surface area contributed by atoms with Crippen molar-refractivity contribution < 1.29 is 14.2 Å². The van der Waals surface area contributed by atoms with Gasteiger partial charge in [-0.1, -0.05) is 38.1 Å². The van der Waals surface area contributed by atoms with Gasteiger partial charge in [-0.2, -0.15) is 0 Å². The van der Waals surface area contributed by atoms with Gasteiger partial charge in [-0.3, -0.25) is 4.98 Å². The van der Waals surface area contributed by atoms with Crippen molar-refractivity contribution in [3.05, 3.63) is 70.4 Å². The molecule has 0 atom stereocenters. The van der Waals surface area contributed by atoms with Gasteiger partial charge < -0.3 is 14.2 Å². The van der Waals surface area contributed by atoms with Crippen molar-refractivity contribution in [1.29, 1.82) is 0 Å². The van der Waals surface area contributed by atoms with Crippen LogP contribution in [0.15, 0.2) is 42.5 Å². The van der Waals surface area contributed by atoms with Crippen molar-refractivity contribution in [2.75, 3.05) is 0 Å². The number of hydrogen-bond acceptors (Lipinski definition) is 4. The highest BCUT2D eigenvalue weighted by Crippen LogP contribution is 2.34. The first-order chi connectivity index (χ1) is 16.2. The van der Waals surface area contributed by atoms with E-state index in [-0.39, 0.29) is 12.2 Å². The monoisotopic (exact) mass is 461 g/mol. The molecule has 0 unspecified atom stereocenters. The molecular formula is C30H39NO3. The van der Waals surface area contributed by atoms with Crippen molar-refractivity contribution in [2.24, 2.45) is 0 Å². The molecule has 0 bridgehead atoms. The number of nitrogens with zero attached hydrogens (tertiary/aromatic N) is 1. The molecule has 0 spiro atoms. The number of pyridine rings is 1. The summed E-state index contributed by atoms with van der Waals surface area (Å²) < 4.78 is 18.4. The number of benzene rings is 2. The van der Waals surface area contributed by atoms with Gasteiger partial charge in [-0.25, -0.2) is 0 Å². The van der Waals surface area contributed by atoms with Crippen molar-refractivity contribution in [2.45, 2.75) is 87.0 Å². The summed E-state index contributed by atoms with van der Waals surface area (Å²) in [7, 11) is 0. The topological polar surface area (TPSA) is 40.6 Å². The van der Waals surface area contributed by atoms with Crippen LogP contribution in [0.25, 0.3) is 11.3 Å². The Kier molecular flexibility index (Phi) is 8.60. The molecule has 0 aliphatic carbocycles. The quantitative estimate of drug-likeness (QED) is 0.311. The van der Waals surface area contributed by atoms with Crippen LogP contribution in [0.5, 0.6) is 17.2 Å². The molecule has 3 rings (SSSR count). The van der Waals surface area contributed by atoms with Crippen molar-refractivity contribution in [1.82, 2.24) is 4.98 Å². The summed E-state index contributed by atoms with van der Waals surface area (Å²) in [4.78, 5) is 5.04. The third-order valence-electron chi connectivity index (χ3n) is 5.81. The maximum Gasteiger partial charge on any atom is 0.130 e. The summed E-state index contributed by atoms with van der Waals surface area (Å²) in [6, 6.07) is 14.6. The molecule has 34 heavy (non-hydrogen) atoms. The molecule has 1 heterocycles. The Labute approximate surface area is 205 Å². The summed E-state index contributed by atoms with van der Waals surface area (Å²) in [6.45, 7) is 17.0. The SMILES string of the molecule is CCc1cccc(CC)c1-c1cc(OC(C)C)c(COc2cc(OC(C)C)ccc2C)c(C)n1. The molecule has 0 saturated heterocycles. The molecule has 2 aromatic carbocycles. The highest BCUT2D eigenvalue weighted by molar-refractivity contribution is 5.70. The van der Waals surface area contributed by atoms with Gasteiger partial charge in [0.1, 0.15) is 23.9 Å². The van der Waals surface area contributed by atoms with E-state index in [1.165, 1.54) is 16.7 Å². The first-order valence-corrected chi connectivity index (χ1v) is 12.4. The second-order valence-electron chi connectivity index (χ2n) is 9.28. The highest BCUT2D eigenvalue weighted by atomic mass is 16.5. The molecule has 0 aliphatic heterocycles. The minimum absolute atomic E-state index is 0.0463. The van der Waals surface area contributed by atoms with Gasteiger partial charge in [-0.05, 0) is 77.1 Å². The van der Waals surface area contributed by atoms with Gasteiger partial charge in [0.2, 0.25) is 0 Å². The van der Waals surface area contributed by atoms with E-state index in [0.29, 0.717) is 6.61 Å². The van der Waals surface area contributed by atoms with E-state index in [1.807, 2.05) is 45.9 Å². The van der Waals surface area contributed by atoms with Crippen molar-refractivity contribution in [3.8, 4) is 28.5 Å². The fourth-order valence-electron chi connectivity index (χ4n) is 4.14. The number of aryl methyl sites for hydroxylation is 4. The number of aromatic nitrogens is 1. The van der Waals surface area contributed by atoms with Crippen LogP contribution in [0.3, 0.4) is 0 Å². The third-order valence-corrected chi connectivity index (χ3v) is 5.81. The second-order valence-corrected chi connectivity index (χ2v) is 9.28. The van der Waals surface area contributed by atoms with Crippen molar-refractivity contribution in [3.63, 3.8) is 0 Å². The average Bonchev–Trinajstić information content (AvgIpc) is 2.78. The number of ether oxygens (including phenoxy) is 3. The molecule has 182 valence electrons. The van der Waals surface area contributed by atoms with Crippen LogP contribution < -0.4 is 14.2 Å². The maximum atomic E-state index is 6.29. The van der Waals surface area contributed by atoms with Gasteiger partial charge in [-0.15, -0.1) is 0 Å². The lowest BCUT2D eigenvalue weighted by Gasteiger charge is -2.20. The summed E-state index contributed by atoms with van der Waals surface area (Å²) in [5, 5.41) is 0. The van der Waals surface area contributed by atoms with Gasteiger partial charge in [0.05, 0.1) is 23.5 Å². The maximum absolute atomic E-state index is 6.29. The van der Waals surface area contributed by atoms with E-state index in [4.69, 9.17) is 19.2 Å². The van der Waals surface area contributed by atoms with E-state index in [9.17, 15) is 0 Å². The normalized spacial score (nSPS) is 11.2. The Morgan fingerprint density at radius 3 is 2.03 bits per heavy atom. The molecule has 0 saturated carbocycles. The summed E-state index contributed by atoms with van der Waals surface area (Å²) >= 11 is 0. The third kappa shape index (κ3) is 6.11. The summed E-state index contributed by atoms with van der Waals surface area (Å²) in [5.41, 5.74) is 7.77. The minimum atomic E-state index is 0.0463. The van der Waals surface area contributed by atoms with Crippen LogP contribution in [0, 0.1) is 13.8 Å². The second kappa shape index (κ2) is 11.4. The minimum Gasteiger partial charge on any atom is -0.491 e. The fourth-order valence-corrected chi connectivity index (χ4v) is 4.14. The molecule has 4 heteroatoms. The van der Waals surface area contributed by atoms with Crippen LogP contribution in [0.2, 0.25) is 0 Å². The first-order valence-electron chi connectivity index (χ1n) is 12.4. The average molecular weight is 462 g/mol. The highest BCUT2D eigenvalue weighted by Gasteiger charge is 2.18. The van der Waals surface area contributed by atoms with Crippen LogP contribution >= 0.6 is 0 Å². The lowest BCUT2D eigenvalue weighted by atomic mass is 9.94.